The zero-order valence-electron chi connectivity index (χ0n) is 9.97. The maximum atomic E-state index is 11.8. The number of aryl methyl sites for hydroxylation is 1. The topological polar surface area (TPSA) is 57.8 Å². The molecule has 1 aliphatic heterocycles. The van der Waals surface area contributed by atoms with E-state index in [2.05, 4.69) is 15.3 Å². The number of H-pyrrole nitrogens is 1. The number of aromatic nitrogens is 2. The molecule has 1 aliphatic rings. The molecule has 2 rings (SSSR count). The van der Waals surface area contributed by atoms with Crippen LogP contribution < -0.4 is 10.9 Å². The van der Waals surface area contributed by atoms with Gasteiger partial charge in [0.15, 0.2) is 0 Å². The van der Waals surface area contributed by atoms with Crippen LogP contribution in [0.4, 0.5) is 0 Å². The van der Waals surface area contributed by atoms with Crippen LogP contribution in [0.5, 0.6) is 0 Å². The fraction of sp³-hybridized carbons (Fsp3) is 0.667. The number of rotatable bonds is 2. The second kappa shape index (κ2) is 4.78. The van der Waals surface area contributed by atoms with Crippen molar-refractivity contribution >= 4 is 0 Å². The highest BCUT2D eigenvalue weighted by molar-refractivity contribution is 5.17. The molecule has 4 heteroatoms. The van der Waals surface area contributed by atoms with Gasteiger partial charge in [0.05, 0.1) is 5.69 Å². The lowest BCUT2D eigenvalue weighted by Gasteiger charge is -2.22. The smallest absolute Gasteiger partial charge is 0.254 e. The Morgan fingerprint density at radius 2 is 2.06 bits per heavy atom. The third-order valence-corrected chi connectivity index (χ3v) is 3.33. The van der Waals surface area contributed by atoms with Crippen molar-refractivity contribution in [1.82, 2.24) is 15.3 Å². The summed E-state index contributed by atoms with van der Waals surface area (Å²) in [7, 11) is 0. The van der Waals surface area contributed by atoms with E-state index in [1.807, 2.05) is 13.8 Å². The summed E-state index contributed by atoms with van der Waals surface area (Å²) in [5, 5.41) is 3.32. The first-order chi connectivity index (χ1) is 7.72. The molecule has 2 heterocycles. The number of hydrogen-bond acceptors (Lipinski definition) is 3. The van der Waals surface area contributed by atoms with Gasteiger partial charge in [-0.25, -0.2) is 4.98 Å². The summed E-state index contributed by atoms with van der Waals surface area (Å²) >= 11 is 0. The molecule has 0 aromatic carbocycles. The van der Waals surface area contributed by atoms with Crippen LogP contribution in [0.15, 0.2) is 4.79 Å². The molecular formula is C12H19N3O. The predicted octanol–water partition coefficient (Wildman–Crippen LogP) is 1.11. The molecular weight excluding hydrogens is 202 g/mol. The van der Waals surface area contributed by atoms with E-state index < -0.39 is 0 Å². The highest BCUT2D eigenvalue weighted by Crippen LogP contribution is 2.21. The van der Waals surface area contributed by atoms with E-state index in [0.717, 1.165) is 49.4 Å². The molecule has 4 nitrogen and oxygen atoms in total. The van der Waals surface area contributed by atoms with Gasteiger partial charge >= 0.3 is 0 Å². The van der Waals surface area contributed by atoms with Gasteiger partial charge in [0.25, 0.3) is 5.56 Å². The predicted molar refractivity (Wildman–Crippen MR) is 63.8 cm³/mol. The van der Waals surface area contributed by atoms with Gasteiger partial charge in [-0.2, -0.15) is 0 Å². The molecule has 0 bridgehead atoms. The normalized spacial score (nSPS) is 17.6. The number of piperidine rings is 1. The summed E-state index contributed by atoms with van der Waals surface area (Å²) in [6, 6.07) is 0. The third-order valence-electron chi connectivity index (χ3n) is 3.33. The first-order valence-corrected chi connectivity index (χ1v) is 6.02. The fourth-order valence-corrected chi connectivity index (χ4v) is 2.23. The largest absolute Gasteiger partial charge is 0.317 e. The Morgan fingerprint density at radius 3 is 2.69 bits per heavy atom. The van der Waals surface area contributed by atoms with E-state index >= 15 is 0 Å². The van der Waals surface area contributed by atoms with Gasteiger partial charge in [-0.15, -0.1) is 0 Å². The van der Waals surface area contributed by atoms with Gasteiger partial charge < -0.3 is 10.3 Å². The van der Waals surface area contributed by atoms with Crippen molar-refractivity contribution in [2.45, 2.75) is 39.0 Å². The first kappa shape index (κ1) is 11.3. The fourth-order valence-electron chi connectivity index (χ4n) is 2.23. The van der Waals surface area contributed by atoms with E-state index in [4.69, 9.17) is 0 Å². The van der Waals surface area contributed by atoms with Gasteiger partial charge in [-0.3, -0.25) is 4.79 Å². The monoisotopic (exact) mass is 221 g/mol. The van der Waals surface area contributed by atoms with Gasteiger partial charge in [-0.05, 0) is 39.3 Å². The zero-order chi connectivity index (χ0) is 11.5. The Morgan fingerprint density at radius 1 is 1.38 bits per heavy atom. The minimum Gasteiger partial charge on any atom is -0.317 e. The maximum absolute atomic E-state index is 11.8. The van der Waals surface area contributed by atoms with Crippen LogP contribution in [0.25, 0.3) is 0 Å². The molecule has 2 N–H and O–H groups in total. The van der Waals surface area contributed by atoms with Gasteiger partial charge in [0.2, 0.25) is 0 Å². The van der Waals surface area contributed by atoms with Gasteiger partial charge in [0.1, 0.15) is 5.82 Å². The van der Waals surface area contributed by atoms with Crippen molar-refractivity contribution < 1.29 is 0 Å². The zero-order valence-corrected chi connectivity index (χ0v) is 9.97. The Labute approximate surface area is 95.5 Å². The number of nitrogens with one attached hydrogen (secondary N) is 2. The molecule has 88 valence electrons. The molecule has 0 spiro atoms. The second-order valence-electron chi connectivity index (χ2n) is 4.40. The molecule has 16 heavy (non-hydrogen) atoms. The molecule has 0 unspecified atom stereocenters. The van der Waals surface area contributed by atoms with E-state index in [0.29, 0.717) is 5.92 Å². The molecule has 1 aromatic rings. The van der Waals surface area contributed by atoms with Crippen LogP contribution in [0.1, 0.15) is 42.8 Å². The maximum Gasteiger partial charge on any atom is 0.254 e. The van der Waals surface area contributed by atoms with E-state index in [1.165, 1.54) is 0 Å². The SMILES string of the molecule is CCc1nc(C2CCNCC2)[nH]c(=O)c1C. The van der Waals surface area contributed by atoms with Crippen molar-refractivity contribution in [2.24, 2.45) is 0 Å². The molecule has 1 saturated heterocycles. The standard InChI is InChI=1S/C12H19N3O/c1-3-10-8(2)12(16)15-11(14-10)9-4-6-13-7-5-9/h9,13H,3-7H2,1-2H3,(H,14,15,16). The Hall–Kier alpha value is -1.16. The van der Waals surface area contributed by atoms with Crippen LogP contribution in [0.3, 0.4) is 0 Å². The van der Waals surface area contributed by atoms with Crippen molar-refractivity contribution in [3.63, 3.8) is 0 Å². The van der Waals surface area contributed by atoms with Gasteiger partial charge in [-0.1, -0.05) is 6.92 Å². The molecule has 0 atom stereocenters. The Bertz CT molecular complexity index is 419. The van der Waals surface area contributed by atoms with Crippen LogP contribution in [-0.2, 0) is 6.42 Å². The highest BCUT2D eigenvalue weighted by Gasteiger charge is 2.18. The summed E-state index contributed by atoms with van der Waals surface area (Å²) < 4.78 is 0. The van der Waals surface area contributed by atoms with Crippen LogP contribution in [0.2, 0.25) is 0 Å². The lowest BCUT2D eigenvalue weighted by atomic mass is 9.97. The van der Waals surface area contributed by atoms with Crippen LogP contribution >= 0.6 is 0 Å². The Balaban J connectivity index is 2.33. The molecule has 0 saturated carbocycles. The van der Waals surface area contributed by atoms with Gasteiger partial charge in [0, 0.05) is 11.5 Å². The molecule has 1 fully saturated rings. The summed E-state index contributed by atoms with van der Waals surface area (Å²) in [6.07, 6.45) is 2.96. The molecule has 0 amide bonds. The first-order valence-electron chi connectivity index (χ1n) is 6.02. The van der Waals surface area contributed by atoms with Crippen molar-refractivity contribution in [1.29, 1.82) is 0 Å². The summed E-state index contributed by atoms with van der Waals surface area (Å²) in [5.74, 6) is 1.30. The van der Waals surface area contributed by atoms with Crippen molar-refractivity contribution in [3.8, 4) is 0 Å². The number of aromatic amines is 1. The quantitative estimate of drug-likeness (QED) is 0.786. The average molecular weight is 221 g/mol. The Kier molecular flexibility index (Phi) is 3.39. The highest BCUT2D eigenvalue weighted by atomic mass is 16.1. The number of hydrogen-bond donors (Lipinski definition) is 2. The van der Waals surface area contributed by atoms with Crippen LogP contribution in [-0.4, -0.2) is 23.1 Å². The minimum absolute atomic E-state index is 0.0281. The average Bonchev–Trinajstić information content (AvgIpc) is 2.33. The van der Waals surface area contributed by atoms with Crippen molar-refractivity contribution in [2.75, 3.05) is 13.1 Å². The number of nitrogens with zero attached hydrogens (tertiary/aromatic N) is 1. The summed E-state index contributed by atoms with van der Waals surface area (Å²) in [5.41, 5.74) is 1.73. The summed E-state index contributed by atoms with van der Waals surface area (Å²) in [6.45, 7) is 5.92. The van der Waals surface area contributed by atoms with Crippen molar-refractivity contribution in [3.05, 3.63) is 27.4 Å². The lowest BCUT2D eigenvalue weighted by Crippen LogP contribution is -2.29. The minimum atomic E-state index is 0.0281. The molecule has 0 radical (unpaired) electrons. The van der Waals surface area contributed by atoms with E-state index in [1.54, 1.807) is 0 Å². The third kappa shape index (κ3) is 2.16. The molecule has 1 aromatic heterocycles. The molecule has 0 aliphatic carbocycles. The summed E-state index contributed by atoms with van der Waals surface area (Å²) in [4.78, 5) is 19.3. The second-order valence-corrected chi connectivity index (χ2v) is 4.40. The lowest BCUT2D eigenvalue weighted by molar-refractivity contribution is 0.443. The van der Waals surface area contributed by atoms with E-state index in [9.17, 15) is 4.79 Å². The van der Waals surface area contributed by atoms with Crippen LogP contribution in [0, 0.1) is 6.92 Å². The van der Waals surface area contributed by atoms with E-state index in [-0.39, 0.29) is 5.56 Å².